The molecule has 0 aliphatic carbocycles. The number of amides is 1. The lowest BCUT2D eigenvalue weighted by Gasteiger charge is -2.14. The number of hydrogen-bond donors (Lipinski definition) is 2. The SMILES string of the molecule is CN(O)C(=O)CC(O)c1ccc(OCc2ccccc2)cc1. The minimum Gasteiger partial charge on any atom is -0.489 e. The van der Waals surface area contributed by atoms with Gasteiger partial charge >= 0.3 is 0 Å². The Labute approximate surface area is 129 Å². The van der Waals surface area contributed by atoms with E-state index in [1.165, 1.54) is 7.05 Å². The van der Waals surface area contributed by atoms with E-state index >= 15 is 0 Å². The van der Waals surface area contributed by atoms with Gasteiger partial charge in [0.25, 0.3) is 0 Å². The summed E-state index contributed by atoms with van der Waals surface area (Å²) in [4.78, 5) is 11.3. The lowest BCUT2D eigenvalue weighted by molar-refractivity contribution is -0.161. The first-order chi connectivity index (χ1) is 10.6. The molecule has 2 rings (SSSR count). The molecule has 0 aromatic heterocycles. The lowest BCUT2D eigenvalue weighted by Crippen LogP contribution is -2.24. The first-order valence-corrected chi connectivity index (χ1v) is 6.96. The molecule has 1 amide bonds. The van der Waals surface area contributed by atoms with Crippen molar-refractivity contribution in [3.8, 4) is 5.75 Å². The molecule has 116 valence electrons. The number of ether oxygens (including phenoxy) is 1. The van der Waals surface area contributed by atoms with Crippen molar-refractivity contribution in [3.05, 3.63) is 65.7 Å². The van der Waals surface area contributed by atoms with Gasteiger partial charge in [0, 0.05) is 7.05 Å². The number of hydroxylamine groups is 2. The molecule has 0 saturated carbocycles. The Morgan fingerprint density at radius 1 is 1.14 bits per heavy atom. The van der Waals surface area contributed by atoms with E-state index in [1.807, 2.05) is 30.3 Å². The molecule has 2 aromatic rings. The van der Waals surface area contributed by atoms with Crippen molar-refractivity contribution >= 4 is 5.91 Å². The highest BCUT2D eigenvalue weighted by Crippen LogP contribution is 2.21. The first kappa shape index (κ1) is 16.0. The monoisotopic (exact) mass is 301 g/mol. The number of nitrogens with zero attached hydrogens (tertiary/aromatic N) is 1. The minimum absolute atomic E-state index is 0.169. The van der Waals surface area contributed by atoms with Crippen LogP contribution in [0.1, 0.15) is 23.7 Å². The van der Waals surface area contributed by atoms with Crippen molar-refractivity contribution in [2.75, 3.05) is 7.05 Å². The second kappa shape index (κ2) is 7.59. The molecule has 0 aliphatic heterocycles. The zero-order valence-electron chi connectivity index (χ0n) is 12.3. The summed E-state index contributed by atoms with van der Waals surface area (Å²) in [5.74, 6) is 0.141. The van der Waals surface area contributed by atoms with Crippen LogP contribution in [0.5, 0.6) is 5.75 Å². The van der Waals surface area contributed by atoms with Crippen molar-refractivity contribution in [1.29, 1.82) is 0 Å². The molecule has 5 nitrogen and oxygen atoms in total. The van der Waals surface area contributed by atoms with Crippen LogP contribution in [0, 0.1) is 0 Å². The summed E-state index contributed by atoms with van der Waals surface area (Å²) in [6.45, 7) is 0.469. The Morgan fingerprint density at radius 2 is 1.77 bits per heavy atom. The summed E-state index contributed by atoms with van der Waals surface area (Å²) in [5, 5.41) is 19.4. The molecule has 5 heteroatoms. The maximum atomic E-state index is 11.3. The third kappa shape index (κ3) is 4.58. The van der Waals surface area contributed by atoms with Crippen LogP contribution < -0.4 is 4.74 Å². The molecule has 0 bridgehead atoms. The number of benzene rings is 2. The highest BCUT2D eigenvalue weighted by Gasteiger charge is 2.15. The van der Waals surface area contributed by atoms with Gasteiger partial charge in [-0.05, 0) is 23.3 Å². The molecule has 0 heterocycles. The standard InChI is InChI=1S/C17H19NO4/c1-18(21)17(20)11-16(19)14-7-9-15(10-8-14)22-12-13-5-3-2-4-6-13/h2-10,16,19,21H,11-12H2,1H3. The average Bonchev–Trinajstić information content (AvgIpc) is 2.54. The minimum atomic E-state index is -0.953. The Morgan fingerprint density at radius 3 is 2.36 bits per heavy atom. The van der Waals surface area contributed by atoms with E-state index in [2.05, 4.69) is 0 Å². The smallest absolute Gasteiger partial charge is 0.248 e. The average molecular weight is 301 g/mol. The Balaban J connectivity index is 1.91. The number of hydrogen-bond acceptors (Lipinski definition) is 4. The van der Waals surface area contributed by atoms with Crippen LogP contribution in [0.2, 0.25) is 0 Å². The zero-order valence-corrected chi connectivity index (χ0v) is 12.3. The van der Waals surface area contributed by atoms with E-state index in [-0.39, 0.29) is 6.42 Å². The normalized spacial score (nSPS) is 11.8. The van der Waals surface area contributed by atoms with Gasteiger partial charge < -0.3 is 9.84 Å². The third-order valence-corrected chi connectivity index (χ3v) is 3.24. The van der Waals surface area contributed by atoms with E-state index in [1.54, 1.807) is 24.3 Å². The number of carbonyl (C=O) groups excluding carboxylic acids is 1. The van der Waals surface area contributed by atoms with E-state index < -0.39 is 12.0 Å². The lowest BCUT2D eigenvalue weighted by atomic mass is 10.1. The van der Waals surface area contributed by atoms with Crippen LogP contribution in [0.25, 0.3) is 0 Å². The second-order valence-electron chi connectivity index (χ2n) is 4.98. The number of aliphatic hydroxyl groups is 1. The van der Waals surface area contributed by atoms with Crippen LogP contribution >= 0.6 is 0 Å². The first-order valence-electron chi connectivity index (χ1n) is 6.96. The Hall–Kier alpha value is -2.37. The molecule has 2 N–H and O–H groups in total. The number of rotatable bonds is 6. The summed E-state index contributed by atoms with van der Waals surface area (Å²) < 4.78 is 5.65. The second-order valence-corrected chi connectivity index (χ2v) is 4.98. The zero-order chi connectivity index (χ0) is 15.9. The van der Waals surface area contributed by atoms with Crippen molar-refractivity contribution in [2.24, 2.45) is 0 Å². The largest absolute Gasteiger partial charge is 0.489 e. The van der Waals surface area contributed by atoms with Gasteiger partial charge in [-0.2, -0.15) is 0 Å². The van der Waals surface area contributed by atoms with Gasteiger partial charge in [0.2, 0.25) is 5.91 Å². The number of aliphatic hydroxyl groups excluding tert-OH is 1. The van der Waals surface area contributed by atoms with Crippen molar-refractivity contribution < 1.29 is 19.8 Å². The van der Waals surface area contributed by atoms with Gasteiger partial charge in [-0.1, -0.05) is 42.5 Å². The molecule has 2 aromatic carbocycles. The third-order valence-electron chi connectivity index (χ3n) is 3.24. The topological polar surface area (TPSA) is 70.0 Å². The van der Waals surface area contributed by atoms with Crippen molar-refractivity contribution in [2.45, 2.75) is 19.1 Å². The summed E-state index contributed by atoms with van der Waals surface area (Å²) in [5.41, 5.74) is 1.67. The summed E-state index contributed by atoms with van der Waals surface area (Å²) in [7, 11) is 1.23. The van der Waals surface area contributed by atoms with Crippen LogP contribution in [0.4, 0.5) is 0 Å². The molecule has 1 atom stereocenters. The molecule has 0 saturated heterocycles. The van der Waals surface area contributed by atoms with E-state index in [0.29, 0.717) is 23.0 Å². The van der Waals surface area contributed by atoms with Gasteiger partial charge in [-0.25, -0.2) is 5.06 Å². The van der Waals surface area contributed by atoms with Crippen LogP contribution in [0.15, 0.2) is 54.6 Å². The maximum absolute atomic E-state index is 11.3. The Bertz CT molecular complexity index is 596. The molecule has 0 fully saturated rings. The fraction of sp³-hybridized carbons (Fsp3) is 0.235. The van der Waals surface area contributed by atoms with E-state index in [4.69, 9.17) is 9.94 Å². The maximum Gasteiger partial charge on any atom is 0.248 e. The van der Waals surface area contributed by atoms with Gasteiger partial charge in [0.15, 0.2) is 0 Å². The van der Waals surface area contributed by atoms with E-state index in [0.717, 1.165) is 5.56 Å². The summed E-state index contributed by atoms with van der Waals surface area (Å²) in [6.07, 6.45) is -1.12. The molecular formula is C17H19NO4. The molecule has 0 spiro atoms. The van der Waals surface area contributed by atoms with Crippen molar-refractivity contribution in [1.82, 2.24) is 5.06 Å². The molecule has 1 unspecified atom stereocenters. The fourth-order valence-corrected chi connectivity index (χ4v) is 1.94. The van der Waals surface area contributed by atoms with Crippen LogP contribution in [-0.4, -0.2) is 28.3 Å². The quantitative estimate of drug-likeness (QED) is 0.635. The predicted molar refractivity (Wildman–Crippen MR) is 81.3 cm³/mol. The highest BCUT2D eigenvalue weighted by molar-refractivity contribution is 5.75. The summed E-state index contributed by atoms with van der Waals surface area (Å²) in [6, 6.07) is 16.7. The number of carbonyl (C=O) groups is 1. The molecule has 22 heavy (non-hydrogen) atoms. The fourth-order valence-electron chi connectivity index (χ4n) is 1.94. The van der Waals surface area contributed by atoms with Gasteiger partial charge in [0.1, 0.15) is 12.4 Å². The van der Waals surface area contributed by atoms with Gasteiger partial charge in [-0.3, -0.25) is 10.0 Å². The van der Waals surface area contributed by atoms with Crippen LogP contribution in [-0.2, 0) is 11.4 Å². The van der Waals surface area contributed by atoms with E-state index in [9.17, 15) is 9.90 Å². The molecule has 0 aliphatic rings. The molecular weight excluding hydrogens is 282 g/mol. The van der Waals surface area contributed by atoms with Crippen LogP contribution in [0.3, 0.4) is 0 Å². The summed E-state index contributed by atoms with van der Waals surface area (Å²) >= 11 is 0. The Kier molecular flexibility index (Phi) is 5.52. The molecule has 0 radical (unpaired) electrons. The van der Waals surface area contributed by atoms with Gasteiger partial charge in [0.05, 0.1) is 12.5 Å². The van der Waals surface area contributed by atoms with Gasteiger partial charge in [-0.15, -0.1) is 0 Å². The predicted octanol–water partition coefficient (Wildman–Crippen LogP) is 2.54. The van der Waals surface area contributed by atoms with Crippen molar-refractivity contribution in [3.63, 3.8) is 0 Å². The highest BCUT2D eigenvalue weighted by atomic mass is 16.5.